The van der Waals surface area contributed by atoms with Crippen LogP contribution < -0.4 is 0 Å². The number of hydrogen-bond acceptors (Lipinski definition) is 6. The van der Waals surface area contributed by atoms with Crippen LogP contribution in [0.5, 0.6) is 0 Å². The minimum Gasteiger partial charge on any atom is -0.264 e. The molecule has 0 atom stereocenters. The SMILES string of the molecule is CCCc1nc(C(C)(C)C)nn1Cc1cncc(-c2ccccc2-c2nn[nH]n2)c1. The first-order valence-corrected chi connectivity index (χ1v) is 10.2. The molecular formula is C22H26N8. The molecule has 8 heteroatoms. The molecule has 4 rings (SSSR count). The van der Waals surface area contributed by atoms with Crippen molar-refractivity contribution in [1.82, 2.24) is 40.4 Å². The zero-order valence-electron chi connectivity index (χ0n) is 17.8. The molecule has 4 aromatic rings. The zero-order valence-corrected chi connectivity index (χ0v) is 17.8. The van der Waals surface area contributed by atoms with Gasteiger partial charge in [-0.2, -0.15) is 10.3 Å². The molecule has 0 aliphatic carbocycles. The van der Waals surface area contributed by atoms with Gasteiger partial charge in [0.15, 0.2) is 5.82 Å². The molecule has 0 fully saturated rings. The number of H-pyrrole nitrogens is 1. The lowest BCUT2D eigenvalue weighted by Crippen LogP contribution is -2.14. The van der Waals surface area contributed by atoms with Gasteiger partial charge in [0.25, 0.3) is 0 Å². The molecule has 0 spiro atoms. The molecule has 1 N–H and O–H groups in total. The fraction of sp³-hybridized carbons (Fsp3) is 0.364. The molecule has 0 saturated carbocycles. The fourth-order valence-corrected chi connectivity index (χ4v) is 3.33. The van der Waals surface area contributed by atoms with E-state index in [1.54, 1.807) is 0 Å². The molecule has 0 radical (unpaired) electrons. The predicted octanol–water partition coefficient (Wildman–Crippen LogP) is 3.82. The normalized spacial score (nSPS) is 11.7. The third-order valence-corrected chi connectivity index (χ3v) is 4.84. The molecule has 3 heterocycles. The standard InChI is InChI=1S/C22H26N8/c1-5-8-19-24-21(22(2,3)4)27-30(19)14-15-11-16(13-23-12-15)17-9-6-7-10-18(17)20-25-28-29-26-20/h6-7,9-13H,5,8,14H2,1-4H3,(H,25,26,28,29). The highest BCUT2D eigenvalue weighted by Gasteiger charge is 2.21. The van der Waals surface area contributed by atoms with E-state index in [-0.39, 0.29) is 5.41 Å². The maximum Gasteiger partial charge on any atom is 0.205 e. The van der Waals surface area contributed by atoms with Gasteiger partial charge in [-0.25, -0.2) is 9.67 Å². The molecular weight excluding hydrogens is 376 g/mol. The van der Waals surface area contributed by atoms with E-state index in [1.165, 1.54) is 0 Å². The lowest BCUT2D eigenvalue weighted by atomic mass is 9.96. The second kappa shape index (κ2) is 8.14. The first-order chi connectivity index (χ1) is 14.5. The molecule has 30 heavy (non-hydrogen) atoms. The maximum atomic E-state index is 4.80. The van der Waals surface area contributed by atoms with Crippen LogP contribution >= 0.6 is 0 Å². The topological polar surface area (TPSA) is 98.1 Å². The van der Waals surface area contributed by atoms with Crippen molar-refractivity contribution in [3.8, 4) is 22.5 Å². The van der Waals surface area contributed by atoms with Crippen molar-refractivity contribution in [2.45, 2.75) is 52.5 Å². The van der Waals surface area contributed by atoms with Crippen LogP contribution in [0.15, 0.2) is 42.7 Å². The van der Waals surface area contributed by atoms with Gasteiger partial charge in [-0.05, 0) is 28.8 Å². The summed E-state index contributed by atoms with van der Waals surface area (Å²) in [7, 11) is 0. The summed E-state index contributed by atoms with van der Waals surface area (Å²) in [5.74, 6) is 2.45. The molecule has 0 aliphatic rings. The highest BCUT2D eigenvalue weighted by atomic mass is 15.5. The Morgan fingerprint density at radius 1 is 1.07 bits per heavy atom. The van der Waals surface area contributed by atoms with E-state index in [0.29, 0.717) is 12.4 Å². The summed E-state index contributed by atoms with van der Waals surface area (Å²) in [4.78, 5) is 9.29. The van der Waals surface area contributed by atoms with E-state index in [4.69, 9.17) is 10.1 Å². The number of aromatic amines is 1. The third-order valence-electron chi connectivity index (χ3n) is 4.84. The van der Waals surface area contributed by atoms with Crippen LogP contribution in [0.25, 0.3) is 22.5 Å². The second-order valence-electron chi connectivity index (χ2n) is 8.37. The van der Waals surface area contributed by atoms with Crippen molar-refractivity contribution in [1.29, 1.82) is 0 Å². The largest absolute Gasteiger partial charge is 0.264 e. The fourth-order valence-electron chi connectivity index (χ4n) is 3.33. The number of pyridine rings is 1. The van der Waals surface area contributed by atoms with Crippen molar-refractivity contribution in [2.75, 3.05) is 0 Å². The quantitative estimate of drug-likeness (QED) is 0.526. The Morgan fingerprint density at radius 2 is 1.87 bits per heavy atom. The van der Waals surface area contributed by atoms with Gasteiger partial charge in [0.05, 0.1) is 6.54 Å². The Kier molecular flexibility index (Phi) is 5.39. The Hall–Kier alpha value is -3.42. The van der Waals surface area contributed by atoms with Crippen LogP contribution in [0.2, 0.25) is 0 Å². The predicted molar refractivity (Wildman–Crippen MR) is 115 cm³/mol. The molecule has 8 nitrogen and oxygen atoms in total. The number of hydrogen-bond donors (Lipinski definition) is 1. The van der Waals surface area contributed by atoms with Crippen molar-refractivity contribution < 1.29 is 0 Å². The Balaban J connectivity index is 1.69. The highest BCUT2D eigenvalue weighted by molar-refractivity contribution is 5.80. The molecule has 0 unspecified atom stereocenters. The lowest BCUT2D eigenvalue weighted by molar-refractivity contribution is 0.532. The van der Waals surface area contributed by atoms with E-state index >= 15 is 0 Å². The average molecular weight is 403 g/mol. The number of aryl methyl sites for hydroxylation is 1. The van der Waals surface area contributed by atoms with Crippen LogP contribution in [-0.4, -0.2) is 40.4 Å². The Bertz CT molecular complexity index is 1120. The van der Waals surface area contributed by atoms with E-state index in [1.807, 2.05) is 41.3 Å². The van der Waals surface area contributed by atoms with Gasteiger partial charge >= 0.3 is 0 Å². The molecule has 0 aliphatic heterocycles. The summed E-state index contributed by atoms with van der Waals surface area (Å²) in [5.41, 5.74) is 3.90. The van der Waals surface area contributed by atoms with Crippen LogP contribution in [0.3, 0.4) is 0 Å². The summed E-state index contributed by atoms with van der Waals surface area (Å²) in [6.45, 7) is 9.20. The molecule has 0 amide bonds. The van der Waals surface area contributed by atoms with Gasteiger partial charge < -0.3 is 0 Å². The smallest absolute Gasteiger partial charge is 0.205 e. The van der Waals surface area contributed by atoms with E-state index in [9.17, 15) is 0 Å². The first kappa shape index (κ1) is 19.9. The van der Waals surface area contributed by atoms with Crippen LogP contribution in [0.1, 0.15) is 51.3 Å². The maximum absolute atomic E-state index is 4.80. The van der Waals surface area contributed by atoms with Gasteiger partial charge in [-0.3, -0.25) is 4.98 Å². The lowest BCUT2D eigenvalue weighted by Gasteiger charge is -2.12. The van der Waals surface area contributed by atoms with Crippen molar-refractivity contribution >= 4 is 0 Å². The Labute approximate surface area is 175 Å². The molecule has 3 aromatic heterocycles. The summed E-state index contributed by atoms with van der Waals surface area (Å²) < 4.78 is 2.01. The molecule has 1 aromatic carbocycles. The van der Waals surface area contributed by atoms with Gasteiger partial charge in [-0.1, -0.05) is 52.0 Å². The summed E-state index contributed by atoms with van der Waals surface area (Å²) >= 11 is 0. The zero-order chi connectivity index (χ0) is 21.1. The van der Waals surface area contributed by atoms with Crippen LogP contribution in [-0.2, 0) is 18.4 Å². The van der Waals surface area contributed by atoms with E-state index in [0.717, 1.165) is 46.7 Å². The van der Waals surface area contributed by atoms with Crippen molar-refractivity contribution in [2.24, 2.45) is 0 Å². The van der Waals surface area contributed by atoms with Crippen molar-refractivity contribution in [3.05, 3.63) is 59.9 Å². The number of tetrazole rings is 1. The third kappa shape index (κ3) is 4.12. The van der Waals surface area contributed by atoms with Gasteiger partial charge in [0.2, 0.25) is 5.82 Å². The number of aromatic nitrogens is 8. The number of benzene rings is 1. The van der Waals surface area contributed by atoms with Crippen LogP contribution in [0.4, 0.5) is 0 Å². The number of nitrogens with zero attached hydrogens (tertiary/aromatic N) is 7. The summed E-state index contributed by atoms with van der Waals surface area (Å²) in [6.07, 6.45) is 5.67. The van der Waals surface area contributed by atoms with Gasteiger partial charge in [-0.15, -0.1) is 10.2 Å². The summed E-state index contributed by atoms with van der Waals surface area (Å²) in [6, 6.07) is 10.1. The minimum atomic E-state index is -0.0859. The van der Waals surface area contributed by atoms with Crippen LogP contribution in [0, 0.1) is 0 Å². The van der Waals surface area contributed by atoms with E-state index in [2.05, 4.69) is 59.4 Å². The second-order valence-corrected chi connectivity index (χ2v) is 8.37. The monoisotopic (exact) mass is 402 g/mol. The highest BCUT2D eigenvalue weighted by Crippen LogP contribution is 2.29. The minimum absolute atomic E-state index is 0.0859. The Morgan fingerprint density at radius 3 is 2.57 bits per heavy atom. The first-order valence-electron chi connectivity index (χ1n) is 10.2. The van der Waals surface area contributed by atoms with Gasteiger partial charge in [0, 0.05) is 35.4 Å². The molecule has 0 bridgehead atoms. The van der Waals surface area contributed by atoms with Gasteiger partial charge in [0.1, 0.15) is 5.82 Å². The average Bonchev–Trinajstić information content (AvgIpc) is 3.39. The number of nitrogens with one attached hydrogen (secondary N) is 1. The van der Waals surface area contributed by atoms with Crippen molar-refractivity contribution in [3.63, 3.8) is 0 Å². The molecule has 154 valence electrons. The molecule has 0 saturated heterocycles. The summed E-state index contributed by atoms with van der Waals surface area (Å²) in [5, 5.41) is 19.3. The number of rotatable bonds is 6. The van der Waals surface area contributed by atoms with E-state index < -0.39 is 0 Å².